The summed E-state index contributed by atoms with van der Waals surface area (Å²) in [6.07, 6.45) is -2.99. The fraction of sp³-hybridized carbons (Fsp3) is 0.130. The number of nitrogens with one attached hydrogen (secondary N) is 2. The summed E-state index contributed by atoms with van der Waals surface area (Å²) in [4.78, 5) is 20.7. The van der Waals surface area contributed by atoms with Crippen LogP contribution in [0.3, 0.4) is 0 Å². The highest BCUT2D eigenvalue weighted by atomic mass is 19.4. The average Bonchev–Trinajstić information content (AvgIpc) is 2.79. The van der Waals surface area contributed by atoms with Gasteiger partial charge in [0.2, 0.25) is 5.95 Å². The fourth-order valence-electron chi connectivity index (χ4n) is 3.26. The minimum absolute atomic E-state index is 0.0910. The maximum absolute atomic E-state index is 13.2. The first-order chi connectivity index (χ1) is 15.3. The summed E-state index contributed by atoms with van der Waals surface area (Å²) in [6, 6.07) is 17.2. The number of aromatic amines is 1. The van der Waals surface area contributed by atoms with Gasteiger partial charge in [-0.15, -0.1) is 0 Å². The SMILES string of the molecule is C[C@H](Nc1nccc(-c2cc(=O)[nH]nc2-c2cccc(C(F)(F)F)c2)n1)c1ccccc1. The van der Waals surface area contributed by atoms with Crippen molar-refractivity contribution in [3.05, 3.63) is 94.4 Å². The van der Waals surface area contributed by atoms with Gasteiger partial charge in [0.25, 0.3) is 5.56 Å². The molecule has 1 atom stereocenters. The monoisotopic (exact) mass is 437 g/mol. The third-order valence-electron chi connectivity index (χ3n) is 4.85. The molecular formula is C23H18F3N5O. The Hall–Kier alpha value is -4.01. The van der Waals surface area contributed by atoms with Gasteiger partial charge in [-0.1, -0.05) is 42.5 Å². The topological polar surface area (TPSA) is 83.6 Å². The summed E-state index contributed by atoms with van der Waals surface area (Å²) in [6.45, 7) is 1.95. The predicted octanol–water partition coefficient (Wildman–Crippen LogP) is 5.09. The largest absolute Gasteiger partial charge is 0.416 e. The lowest BCUT2D eigenvalue weighted by Gasteiger charge is -2.15. The number of rotatable bonds is 5. The molecule has 0 saturated carbocycles. The van der Waals surface area contributed by atoms with Gasteiger partial charge >= 0.3 is 6.18 Å². The number of anilines is 1. The first-order valence-corrected chi connectivity index (χ1v) is 9.73. The van der Waals surface area contributed by atoms with Crippen LogP contribution in [0.2, 0.25) is 0 Å². The summed E-state index contributed by atoms with van der Waals surface area (Å²) >= 11 is 0. The van der Waals surface area contributed by atoms with E-state index in [0.29, 0.717) is 17.2 Å². The molecule has 0 aliphatic heterocycles. The van der Waals surface area contributed by atoms with E-state index in [1.807, 2.05) is 37.3 Å². The molecule has 0 fully saturated rings. The van der Waals surface area contributed by atoms with Crippen LogP contribution in [0, 0.1) is 0 Å². The molecule has 2 aromatic heterocycles. The maximum atomic E-state index is 13.2. The number of alkyl halides is 3. The van der Waals surface area contributed by atoms with E-state index in [4.69, 9.17) is 0 Å². The van der Waals surface area contributed by atoms with Crippen LogP contribution in [0.15, 0.2) is 77.7 Å². The first kappa shape index (κ1) is 21.2. The number of hydrogen-bond donors (Lipinski definition) is 2. The van der Waals surface area contributed by atoms with Crippen LogP contribution in [-0.2, 0) is 6.18 Å². The third-order valence-corrected chi connectivity index (χ3v) is 4.85. The Labute approximate surface area is 181 Å². The Morgan fingerprint density at radius 3 is 2.53 bits per heavy atom. The van der Waals surface area contributed by atoms with E-state index < -0.39 is 17.3 Å². The quantitative estimate of drug-likeness (QED) is 0.455. The van der Waals surface area contributed by atoms with Gasteiger partial charge in [0.1, 0.15) is 5.69 Å². The number of halogens is 3. The molecule has 9 heteroatoms. The van der Waals surface area contributed by atoms with Crippen molar-refractivity contribution < 1.29 is 13.2 Å². The summed E-state index contributed by atoms with van der Waals surface area (Å²) in [5.41, 5.74) is 0.758. The van der Waals surface area contributed by atoms with Crippen molar-refractivity contribution in [3.8, 4) is 22.5 Å². The molecule has 0 radical (unpaired) electrons. The van der Waals surface area contributed by atoms with E-state index in [1.54, 1.807) is 6.07 Å². The molecule has 4 aromatic rings. The summed E-state index contributed by atoms with van der Waals surface area (Å²) < 4.78 is 39.5. The second kappa shape index (κ2) is 8.62. The van der Waals surface area contributed by atoms with Crippen LogP contribution in [0.1, 0.15) is 24.1 Å². The molecule has 2 N–H and O–H groups in total. The second-order valence-corrected chi connectivity index (χ2v) is 7.12. The van der Waals surface area contributed by atoms with Crippen molar-refractivity contribution >= 4 is 5.95 Å². The zero-order valence-electron chi connectivity index (χ0n) is 16.9. The van der Waals surface area contributed by atoms with Gasteiger partial charge in [-0.05, 0) is 30.7 Å². The molecule has 0 unspecified atom stereocenters. The molecule has 0 saturated heterocycles. The van der Waals surface area contributed by atoms with Crippen LogP contribution < -0.4 is 10.9 Å². The Bertz CT molecular complexity index is 1290. The molecule has 6 nitrogen and oxygen atoms in total. The second-order valence-electron chi connectivity index (χ2n) is 7.12. The molecule has 0 aliphatic carbocycles. The number of hydrogen-bond acceptors (Lipinski definition) is 5. The van der Waals surface area contributed by atoms with Crippen LogP contribution in [-0.4, -0.2) is 20.2 Å². The highest BCUT2D eigenvalue weighted by Gasteiger charge is 2.30. The van der Waals surface area contributed by atoms with E-state index in [1.165, 1.54) is 24.4 Å². The molecular weight excluding hydrogens is 419 g/mol. The maximum Gasteiger partial charge on any atom is 0.416 e. The number of H-pyrrole nitrogens is 1. The molecule has 0 aliphatic rings. The van der Waals surface area contributed by atoms with Gasteiger partial charge in [0, 0.05) is 23.4 Å². The molecule has 162 valence electrons. The van der Waals surface area contributed by atoms with E-state index in [9.17, 15) is 18.0 Å². The van der Waals surface area contributed by atoms with Crippen LogP contribution in [0.5, 0.6) is 0 Å². The average molecular weight is 437 g/mol. The Morgan fingerprint density at radius 1 is 1.00 bits per heavy atom. The van der Waals surface area contributed by atoms with E-state index in [0.717, 1.165) is 17.7 Å². The predicted molar refractivity (Wildman–Crippen MR) is 115 cm³/mol. The van der Waals surface area contributed by atoms with Crippen LogP contribution >= 0.6 is 0 Å². The lowest BCUT2D eigenvalue weighted by Crippen LogP contribution is -2.11. The van der Waals surface area contributed by atoms with Gasteiger partial charge in [0.15, 0.2) is 0 Å². The summed E-state index contributed by atoms with van der Waals surface area (Å²) in [5.74, 6) is 0.314. The van der Waals surface area contributed by atoms with E-state index >= 15 is 0 Å². The van der Waals surface area contributed by atoms with Crippen molar-refractivity contribution in [2.24, 2.45) is 0 Å². The smallest absolute Gasteiger partial charge is 0.348 e. The van der Waals surface area contributed by atoms with Gasteiger partial charge < -0.3 is 5.32 Å². The van der Waals surface area contributed by atoms with Crippen molar-refractivity contribution in [2.45, 2.75) is 19.1 Å². The molecule has 0 amide bonds. The standard InChI is InChI=1S/C23H18F3N5O/c1-14(15-6-3-2-4-7-15)28-22-27-11-10-19(29-22)18-13-20(32)30-31-21(18)16-8-5-9-17(12-16)23(24,25)26/h2-14H,1H3,(H,30,32)(H,27,28,29)/t14-/m0/s1. The minimum Gasteiger partial charge on any atom is -0.348 e. The first-order valence-electron chi connectivity index (χ1n) is 9.73. The van der Waals surface area contributed by atoms with E-state index in [2.05, 4.69) is 25.5 Å². The highest BCUT2D eigenvalue weighted by molar-refractivity contribution is 5.78. The zero-order valence-corrected chi connectivity index (χ0v) is 16.9. The van der Waals surface area contributed by atoms with Gasteiger partial charge in [-0.2, -0.15) is 18.3 Å². The fourth-order valence-corrected chi connectivity index (χ4v) is 3.26. The summed E-state index contributed by atoms with van der Waals surface area (Å²) in [7, 11) is 0. The van der Waals surface area contributed by atoms with Crippen molar-refractivity contribution in [1.82, 2.24) is 20.2 Å². The Morgan fingerprint density at radius 2 is 1.78 bits per heavy atom. The number of nitrogens with zero attached hydrogens (tertiary/aromatic N) is 3. The molecule has 2 aromatic carbocycles. The van der Waals surface area contributed by atoms with E-state index in [-0.39, 0.29) is 17.3 Å². The van der Waals surface area contributed by atoms with Gasteiger partial charge in [-0.25, -0.2) is 15.1 Å². The molecule has 2 heterocycles. The number of aromatic nitrogens is 4. The van der Waals surface area contributed by atoms with Gasteiger partial charge in [-0.3, -0.25) is 4.79 Å². The van der Waals surface area contributed by atoms with Crippen molar-refractivity contribution in [3.63, 3.8) is 0 Å². The van der Waals surface area contributed by atoms with Crippen molar-refractivity contribution in [1.29, 1.82) is 0 Å². The summed E-state index contributed by atoms with van der Waals surface area (Å²) in [5, 5.41) is 9.48. The van der Waals surface area contributed by atoms with Crippen LogP contribution in [0.25, 0.3) is 22.5 Å². The molecule has 32 heavy (non-hydrogen) atoms. The molecule has 0 bridgehead atoms. The third kappa shape index (κ3) is 4.66. The normalized spacial score (nSPS) is 12.4. The highest BCUT2D eigenvalue weighted by Crippen LogP contribution is 2.34. The number of benzene rings is 2. The minimum atomic E-state index is -4.50. The zero-order chi connectivity index (χ0) is 22.7. The Balaban J connectivity index is 1.73. The lowest BCUT2D eigenvalue weighted by molar-refractivity contribution is -0.137. The Kier molecular flexibility index (Phi) is 5.72. The molecule has 0 spiro atoms. The van der Waals surface area contributed by atoms with Gasteiger partial charge in [0.05, 0.1) is 17.3 Å². The lowest BCUT2D eigenvalue weighted by atomic mass is 10.0. The molecule has 4 rings (SSSR count). The van der Waals surface area contributed by atoms with Crippen molar-refractivity contribution in [2.75, 3.05) is 5.32 Å². The van der Waals surface area contributed by atoms with Crippen LogP contribution in [0.4, 0.5) is 19.1 Å².